The molecular weight excluding hydrogens is 468 g/mol. The monoisotopic (exact) mass is 486 g/mol. The summed E-state index contributed by atoms with van der Waals surface area (Å²) in [6, 6.07) is 25.1. The summed E-state index contributed by atoms with van der Waals surface area (Å²) in [5.74, 6) is 0.572. The number of hydrazone groups is 1. The highest BCUT2D eigenvalue weighted by Gasteiger charge is 2.17. The lowest BCUT2D eigenvalue weighted by Gasteiger charge is -2.10. The Balaban J connectivity index is 1.31. The van der Waals surface area contributed by atoms with Crippen molar-refractivity contribution in [2.24, 2.45) is 5.10 Å². The largest absolute Gasteiger partial charge is 0.361 e. The van der Waals surface area contributed by atoms with E-state index in [0.717, 1.165) is 27.7 Å². The van der Waals surface area contributed by atoms with Crippen LogP contribution in [0.4, 0.5) is 0 Å². The topological polar surface area (TPSA) is 88.0 Å². The number of H-pyrrole nitrogens is 1. The highest BCUT2D eigenvalue weighted by molar-refractivity contribution is 7.99. The highest BCUT2D eigenvalue weighted by Crippen LogP contribution is 2.28. The first kappa shape index (κ1) is 21.9. The molecule has 9 heteroatoms. The van der Waals surface area contributed by atoms with E-state index < -0.39 is 0 Å². The van der Waals surface area contributed by atoms with Crippen LogP contribution in [-0.4, -0.2) is 37.6 Å². The molecule has 0 unspecified atom stereocenters. The summed E-state index contributed by atoms with van der Waals surface area (Å²) in [5.41, 5.74) is 6.27. The van der Waals surface area contributed by atoms with E-state index in [4.69, 9.17) is 11.6 Å². The van der Waals surface area contributed by atoms with Gasteiger partial charge < -0.3 is 4.98 Å². The van der Waals surface area contributed by atoms with Crippen molar-refractivity contribution in [1.82, 2.24) is 25.2 Å². The molecular formula is C25H19ClN6OS. The number of thioether (sulfide) groups is 1. The van der Waals surface area contributed by atoms with Crippen LogP contribution in [0.1, 0.15) is 5.56 Å². The van der Waals surface area contributed by atoms with Crippen LogP contribution in [-0.2, 0) is 4.79 Å². The van der Waals surface area contributed by atoms with Gasteiger partial charge >= 0.3 is 0 Å². The lowest BCUT2D eigenvalue weighted by Crippen LogP contribution is -2.20. The number of carbonyl (C=O) groups excluding carboxylic acids is 1. The third kappa shape index (κ3) is 4.73. The summed E-state index contributed by atoms with van der Waals surface area (Å²) in [6.45, 7) is 0. The molecule has 7 nitrogen and oxygen atoms in total. The predicted octanol–water partition coefficient (Wildman–Crippen LogP) is 5.31. The van der Waals surface area contributed by atoms with E-state index >= 15 is 0 Å². The van der Waals surface area contributed by atoms with Crippen molar-refractivity contribution >= 4 is 46.4 Å². The number of para-hydroxylation sites is 1. The fourth-order valence-electron chi connectivity index (χ4n) is 3.50. The third-order valence-electron chi connectivity index (χ3n) is 5.10. The number of benzene rings is 3. The van der Waals surface area contributed by atoms with Crippen molar-refractivity contribution in [3.8, 4) is 17.1 Å². The van der Waals surface area contributed by atoms with Gasteiger partial charge in [0.15, 0.2) is 11.0 Å². The number of hydrogen-bond acceptors (Lipinski definition) is 5. The van der Waals surface area contributed by atoms with E-state index in [2.05, 4.69) is 25.7 Å². The van der Waals surface area contributed by atoms with Gasteiger partial charge in [0.05, 0.1) is 12.0 Å². The number of rotatable bonds is 7. The van der Waals surface area contributed by atoms with Gasteiger partial charge in [-0.05, 0) is 30.3 Å². The first-order valence-corrected chi connectivity index (χ1v) is 11.8. The molecule has 0 aliphatic heterocycles. The molecule has 34 heavy (non-hydrogen) atoms. The maximum Gasteiger partial charge on any atom is 0.250 e. The predicted molar refractivity (Wildman–Crippen MR) is 137 cm³/mol. The zero-order valence-corrected chi connectivity index (χ0v) is 19.4. The fraction of sp³-hybridized carbons (Fsp3) is 0.0400. The molecule has 0 aliphatic rings. The molecule has 0 atom stereocenters. The second-order valence-electron chi connectivity index (χ2n) is 7.36. The summed E-state index contributed by atoms with van der Waals surface area (Å²) in [4.78, 5) is 15.6. The van der Waals surface area contributed by atoms with Crippen LogP contribution in [0.2, 0.25) is 5.02 Å². The molecule has 0 radical (unpaired) electrons. The van der Waals surface area contributed by atoms with Crippen LogP contribution in [0.15, 0.2) is 95.3 Å². The number of nitrogens with one attached hydrogen (secondary N) is 2. The Labute approximate surface area is 204 Å². The minimum Gasteiger partial charge on any atom is -0.361 e. The van der Waals surface area contributed by atoms with Crippen LogP contribution >= 0.6 is 23.4 Å². The SMILES string of the molecule is O=C(CSc1nnc(-c2ccccc2)n1-c1ccc(Cl)cc1)N/N=C\c1c[nH]c2ccccc12. The number of halogens is 1. The van der Waals surface area contributed by atoms with Crippen molar-refractivity contribution in [1.29, 1.82) is 0 Å². The van der Waals surface area contributed by atoms with Gasteiger partial charge in [-0.2, -0.15) is 5.10 Å². The smallest absolute Gasteiger partial charge is 0.250 e. The Bertz CT molecular complexity index is 1460. The molecule has 0 aliphatic carbocycles. The molecule has 168 valence electrons. The van der Waals surface area contributed by atoms with Gasteiger partial charge in [0.1, 0.15) is 0 Å². The zero-order valence-electron chi connectivity index (χ0n) is 17.9. The van der Waals surface area contributed by atoms with Crippen molar-refractivity contribution in [2.75, 3.05) is 5.75 Å². The minimum absolute atomic E-state index is 0.131. The van der Waals surface area contributed by atoms with E-state index in [9.17, 15) is 4.79 Å². The van der Waals surface area contributed by atoms with E-state index in [1.54, 1.807) is 6.21 Å². The third-order valence-corrected chi connectivity index (χ3v) is 6.28. The van der Waals surface area contributed by atoms with E-state index in [-0.39, 0.29) is 11.7 Å². The number of amides is 1. The fourth-order valence-corrected chi connectivity index (χ4v) is 4.37. The lowest BCUT2D eigenvalue weighted by molar-refractivity contribution is -0.118. The molecule has 0 fully saturated rings. The van der Waals surface area contributed by atoms with Gasteiger partial charge in [0, 0.05) is 38.9 Å². The molecule has 2 aromatic heterocycles. The number of carbonyl (C=O) groups is 1. The zero-order chi connectivity index (χ0) is 23.3. The Kier molecular flexibility index (Phi) is 6.42. The minimum atomic E-state index is -0.243. The first-order chi connectivity index (χ1) is 16.7. The van der Waals surface area contributed by atoms with Crippen molar-refractivity contribution in [3.63, 3.8) is 0 Å². The Morgan fingerprint density at radius 3 is 2.62 bits per heavy atom. The molecule has 3 aromatic carbocycles. The molecule has 0 saturated carbocycles. The molecule has 1 amide bonds. The van der Waals surface area contributed by atoms with Gasteiger partial charge in [-0.3, -0.25) is 9.36 Å². The molecule has 0 saturated heterocycles. The lowest BCUT2D eigenvalue weighted by atomic mass is 10.2. The van der Waals surface area contributed by atoms with Crippen LogP contribution < -0.4 is 5.43 Å². The maximum atomic E-state index is 12.4. The first-order valence-electron chi connectivity index (χ1n) is 10.5. The molecule has 0 bridgehead atoms. The summed E-state index contributed by atoms with van der Waals surface area (Å²) >= 11 is 7.36. The van der Waals surface area contributed by atoms with Gasteiger partial charge in [0.2, 0.25) is 0 Å². The standard InChI is InChI=1S/C25H19ClN6OS/c26-19-10-12-20(13-11-19)32-24(17-6-2-1-3-7-17)30-31-25(32)34-16-23(33)29-28-15-18-14-27-22-9-5-4-8-21(18)22/h1-15,27H,16H2,(H,29,33)/b28-15-. The van der Waals surface area contributed by atoms with Crippen molar-refractivity contribution in [3.05, 3.63) is 95.6 Å². The Morgan fingerprint density at radius 1 is 1.03 bits per heavy atom. The number of nitrogens with zero attached hydrogens (tertiary/aromatic N) is 4. The number of fused-ring (bicyclic) bond motifs is 1. The molecule has 2 N–H and O–H groups in total. The average Bonchev–Trinajstić information content (AvgIpc) is 3.48. The van der Waals surface area contributed by atoms with Gasteiger partial charge in [-0.25, -0.2) is 5.43 Å². The van der Waals surface area contributed by atoms with Crippen molar-refractivity contribution in [2.45, 2.75) is 5.16 Å². The quantitative estimate of drug-likeness (QED) is 0.185. The highest BCUT2D eigenvalue weighted by atomic mass is 35.5. The molecule has 5 aromatic rings. The summed E-state index contributed by atoms with van der Waals surface area (Å²) < 4.78 is 1.92. The van der Waals surface area contributed by atoms with Crippen molar-refractivity contribution < 1.29 is 4.79 Å². The average molecular weight is 487 g/mol. The van der Waals surface area contributed by atoms with E-state index in [0.29, 0.717) is 16.0 Å². The summed E-state index contributed by atoms with van der Waals surface area (Å²) in [6.07, 6.45) is 3.49. The number of hydrogen-bond donors (Lipinski definition) is 2. The van der Waals surface area contributed by atoms with E-state index in [1.165, 1.54) is 11.8 Å². The van der Waals surface area contributed by atoms with Crippen LogP contribution in [0.3, 0.4) is 0 Å². The number of aromatic amines is 1. The van der Waals surface area contributed by atoms with Gasteiger partial charge in [-0.1, -0.05) is 71.9 Å². The summed E-state index contributed by atoms with van der Waals surface area (Å²) in [7, 11) is 0. The normalized spacial score (nSPS) is 11.3. The molecule has 5 rings (SSSR count). The molecule has 2 heterocycles. The molecule has 0 spiro atoms. The van der Waals surface area contributed by atoms with Gasteiger partial charge in [0.25, 0.3) is 5.91 Å². The van der Waals surface area contributed by atoms with Gasteiger partial charge in [-0.15, -0.1) is 10.2 Å². The van der Waals surface area contributed by atoms with Crippen LogP contribution in [0.5, 0.6) is 0 Å². The summed E-state index contributed by atoms with van der Waals surface area (Å²) in [5, 5.41) is 15.1. The maximum absolute atomic E-state index is 12.4. The number of aromatic nitrogens is 4. The van der Waals surface area contributed by atoms with Crippen LogP contribution in [0.25, 0.3) is 28.0 Å². The van der Waals surface area contributed by atoms with E-state index in [1.807, 2.05) is 89.6 Å². The van der Waals surface area contributed by atoms with Crippen LogP contribution in [0, 0.1) is 0 Å². The Hall–Kier alpha value is -3.88. The second kappa shape index (κ2) is 9.94. The Morgan fingerprint density at radius 2 is 1.79 bits per heavy atom. The second-order valence-corrected chi connectivity index (χ2v) is 8.73.